The number of aliphatic carboxylic acids is 1. The number of ketones is 1. The maximum absolute atomic E-state index is 14.0. The Morgan fingerprint density at radius 2 is 1.55 bits per heavy atom. The largest absolute Gasteiger partial charge is 0.489 e. The Kier molecular flexibility index (Phi) is 6.86. The number of carboxylic acid groups (broad SMARTS) is 1. The molecule has 40 heavy (non-hydrogen) atoms. The van der Waals surface area contributed by atoms with E-state index in [1.54, 1.807) is 48.8 Å². The highest BCUT2D eigenvalue weighted by molar-refractivity contribution is 7.00. The van der Waals surface area contributed by atoms with E-state index < -0.39 is 5.97 Å². The summed E-state index contributed by atoms with van der Waals surface area (Å²) in [5, 5.41) is 10.4. The molecular weight excluding hydrogens is 524 g/mol. The molecule has 0 unspecified atom stereocenters. The Hall–Kier alpha value is -5.15. The fourth-order valence-electron chi connectivity index (χ4n) is 4.56. The summed E-state index contributed by atoms with van der Waals surface area (Å²) in [4.78, 5) is 34.0. The van der Waals surface area contributed by atoms with Gasteiger partial charge in [0, 0.05) is 17.6 Å². The standard InChI is InChI=1S/C31H22N4O4S/c36-30(21-7-10-23(11-8-21)39-17-19-4-2-1-3-5-19)24(14-20-6-12-25-27(15-20)33-18-32-25)29(31(37)38)22-9-13-26-28(16-22)35-40-34-26/h1-13,15-16,18H,14,17H2,(H,32,33)(H,37,38). The number of fused-ring (bicyclic) bond motifs is 2. The molecule has 0 radical (unpaired) electrons. The molecule has 0 amide bonds. The minimum absolute atomic E-state index is 0.0750. The zero-order chi connectivity index (χ0) is 27.5. The average molecular weight is 547 g/mol. The van der Waals surface area contributed by atoms with Crippen molar-refractivity contribution in [2.24, 2.45) is 0 Å². The number of carboxylic acids is 1. The Bertz CT molecular complexity index is 1870. The lowest BCUT2D eigenvalue weighted by Gasteiger charge is -2.14. The second-order valence-corrected chi connectivity index (χ2v) is 9.71. The minimum atomic E-state index is -1.20. The number of carbonyl (C=O) groups excluding carboxylic acids is 1. The van der Waals surface area contributed by atoms with Crippen molar-refractivity contribution < 1.29 is 19.4 Å². The van der Waals surface area contributed by atoms with Crippen LogP contribution in [-0.2, 0) is 17.8 Å². The van der Waals surface area contributed by atoms with Gasteiger partial charge in [0.25, 0.3) is 0 Å². The van der Waals surface area contributed by atoms with Gasteiger partial charge in [-0.05, 0) is 65.2 Å². The number of nitrogens with zero attached hydrogens (tertiary/aromatic N) is 3. The summed E-state index contributed by atoms with van der Waals surface area (Å²) >= 11 is 1.05. The molecule has 0 fully saturated rings. The molecule has 6 aromatic rings. The number of Topliss-reactive ketones (excluding diaryl/α,β-unsaturated/α-hetero) is 1. The summed E-state index contributed by atoms with van der Waals surface area (Å²) in [6.07, 6.45) is 1.70. The molecule has 6 rings (SSSR count). The molecule has 8 nitrogen and oxygen atoms in total. The number of carbonyl (C=O) groups is 2. The Morgan fingerprint density at radius 1 is 0.800 bits per heavy atom. The summed E-state index contributed by atoms with van der Waals surface area (Å²) in [6.45, 7) is 0.395. The summed E-state index contributed by atoms with van der Waals surface area (Å²) in [5.74, 6) is -0.972. The van der Waals surface area contributed by atoms with Gasteiger partial charge in [0.05, 0.1) is 34.7 Å². The molecule has 0 saturated heterocycles. The first-order chi connectivity index (χ1) is 19.5. The fraction of sp³-hybridized carbons (Fsp3) is 0.0645. The van der Waals surface area contributed by atoms with E-state index in [1.807, 2.05) is 48.5 Å². The fourth-order valence-corrected chi connectivity index (χ4v) is 5.08. The number of ether oxygens (including phenoxy) is 1. The van der Waals surface area contributed by atoms with Crippen molar-refractivity contribution in [3.63, 3.8) is 0 Å². The molecule has 0 aliphatic carbocycles. The second kappa shape index (κ2) is 10.9. The van der Waals surface area contributed by atoms with Crippen molar-refractivity contribution in [3.05, 3.63) is 125 Å². The molecule has 196 valence electrons. The van der Waals surface area contributed by atoms with Crippen LogP contribution >= 0.6 is 11.7 Å². The molecule has 0 spiro atoms. The molecule has 2 heterocycles. The van der Waals surface area contributed by atoms with E-state index in [-0.39, 0.29) is 23.4 Å². The Labute approximate surface area is 232 Å². The number of hydrogen-bond acceptors (Lipinski definition) is 7. The topological polar surface area (TPSA) is 118 Å². The van der Waals surface area contributed by atoms with E-state index in [4.69, 9.17) is 4.74 Å². The third kappa shape index (κ3) is 5.23. The maximum Gasteiger partial charge on any atom is 0.336 e. The molecule has 0 saturated carbocycles. The number of nitrogens with one attached hydrogen (secondary N) is 1. The highest BCUT2D eigenvalue weighted by Gasteiger charge is 2.24. The first kappa shape index (κ1) is 25.1. The second-order valence-electron chi connectivity index (χ2n) is 9.19. The molecule has 0 bridgehead atoms. The van der Waals surface area contributed by atoms with E-state index in [2.05, 4.69) is 18.7 Å². The summed E-state index contributed by atoms with van der Waals surface area (Å²) in [6, 6.07) is 27.2. The molecule has 9 heteroatoms. The van der Waals surface area contributed by atoms with E-state index in [9.17, 15) is 14.7 Å². The van der Waals surface area contributed by atoms with E-state index >= 15 is 0 Å². The normalized spacial score (nSPS) is 11.9. The van der Waals surface area contributed by atoms with Gasteiger partial charge in [0.2, 0.25) is 0 Å². The van der Waals surface area contributed by atoms with Gasteiger partial charge in [-0.15, -0.1) is 0 Å². The van der Waals surface area contributed by atoms with Crippen LogP contribution in [0.2, 0.25) is 0 Å². The zero-order valence-corrected chi connectivity index (χ0v) is 21.9. The van der Waals surface area contributed by atoms with E-state index in [0.717, 1.165) is 33.9 Å². The first-order valence-corrected chi connectivity index (χ1v) is 13.2. The summed E-state index contributed by atoms with van der Waals surface area (Å²) in [7, 11) is 0. The number of aromatic nitrogens is 4. The number of benzene rings is 4. The van der Waals surface area contributed by atoms with E-state index in [0.29, 0.717) is 34.5 Å². The number of imidazole rings is 1. The molecule has 0 atom stereocenters. The van der Waals surface area contributed by atoms with Gasteiger partial charge in [-0.2, -0.15) is 8.75 Å². The van der Waals surface area contributed by atoms with Crippen molar-refractivity contribution in [3.8, 4) is 5.75 Å². The number of hydrogen-bond donors (Lipinski definition) is 2. The predicted molar refractivity (Wildman–Crippen MR) is 153 cm³/mol. The Balaban J connectivity index is 1.38. The van der Waals surface area contributed by atoms with Crippen LogP contribution in [-0.4, -0.2) is 35.6 Å². The highest BCUT2D eigenvalue weighted by Crippen LogP contribution is 2.29. The van der Waals surface area contributed by atoms with Crippen LogP contribution < -0.4 is 4.74 Å². The molecule has 0 aliphatic rings. The van der Waals surface area contributed by atoms with Crippen molar-refractivity contribution in [2.45, 2.75) is 13.0 Å². The van der Waals surface area contributed by atoms with Gasteiger partial charge in [-0.3, -0.25) is 4.79 Å². The van der Waals surface area contributed by atoms with Crippen molar-refractivity contribution in [1.29, 1.82) is 0 Å². The lowest BCUT2D eigenvalue weighted by atomic mass is 9.89. The zero-order valence-electron chi connectivity index (χ0n) is 21.1. The number of rotatable bonds is 9. The number of allylic oxidation sites excluding steroid dienone is 1. The van der Waals surface area contributed by atoms with Gasteiger partial charge >= 0.3 is 5.97 Å². The van der Waals surface area contributed by atoms with Crippen molar-refractivity contribution in [1.82, 2.24) is 18.7 Å². The minimum Gasteiger partial charge on any atom is -0.489 e. The van der Waals surface area contributed by atoms with Gasteiger partial charge in [0.1, 0.15) is 23.4 Å². The number of aromatic amines is 1. The van der Waals surface area contributed by atoms with Gasteiger partial charge < -0.3 is 14.8 Å². The van der Waals surface area contributed by atoms with Crippen LogP contribution in [0.15, 0.2) is 103 Å². The predicted octanol–water partition coefficient (Wildman–Crippen LogP) is 6.11. The van der Waals surface area contributed by atoms with Gasteiger partial charge in [-0.25, -0.2) is 9.78 Å². The Morgan fingerprint density at radius 3 is 2.35 bits per heavy atom. The summed E-state index contributed by atoms with van der Waals surface area (Å²) < 4.78 is 14.3. The monoisotopic (exact) mass is 546 g/mol. The SMILES string of the molecule is O=C(O)C(=C(Cc1ccc2nc[nH]c2c1)C(=O)c1ccc(OCc2ccccc2)cc1)c1ccc2nsnc2c1. The molecule has 2 aromatic heterocycles. The van der Waals surface area contributed by atoms with Crippen molar-refractivity contribution >= 4 is 51.1 Å². The quantitative estimate of drug-likeness (QED) is 0.166. The maximum atomic E-state index is 14.0. The lowest BCUT2D eigenvalue weighted by molar-refractivity contribution is -0.130. The van der Waals surface area contributed by atoms with Crippen LogP contribution in [0.3, 0.4) is 0 Å². The van der Waals surface area contributed by atoms with Crippen LogP contribution in [0, 0.1) is 0 Å². The number of H-pyrrole nitrogens is 1. The van der Waals surface area contributed by atoms with Crippen molar-refractivity contribution in [2.75, 3.05) is 0 Å². The molecule has 0 aliphatic heterocycles. The molecular formula is C31H22N4O4S. The van der Waals surface area contributed by atoms with E-state index in [1.165, 1.54) is 0 Å². The third-order valence-electron chi connectivity index (χ3n) is 6.56. The third-order valence-corrected chi connectivity index (χ3v) is 7.12. The average Bonchev–Trinajstić information content (AvgIpc) is 3.65. The first-order valence-electron chi connectivity index (χ1n) is 12.5. The van der Waals surface area contributed by atoms with Crippen LogP contribution in [0.25, 0.3) is 27.6 Å². The van der Waals surface area contributed by atoms with Crippen LogP contribution in [0.5, 0.6) is 5.75 Å². The molecule has 2 N–H and O–H groups in total. The van der Waals surface area contributed by atoms with Crippen LogP contribution in [0.1, 0.15) is 27.0 Å². The van der Waals surface area contributed by atoms with Gasteiger partial charge in [-0.1, -0.05) is 42.5 Å². The summed E-state index contributed by atoms with van der Waals surface area (Å²) in [5.41, 5.74) is 5.47. The highest BCUT2D eigenvalue weighted by atomic mass is 32.1. The lowest BCUT2D eigenvalue weighted by Crippen LogP contribution is -2.14. The molecule has 4 aromatic carbocycles. The van der Waals surface area contributed by atoms with Crippen LogP contribution in [0.4, 0.5) is 0 Å². The van der Waals surface area contributed by atoms with Gasteiger partial charge in [0.15, 0.2) is 5.78 Å². The smallest absolute Gasteiger partial charge is 0.336 e.